The maximum absolute atomic E-state index is 5.93. The Kier molecular flexibility index (Phi) is 4.10. The van der Waals surface area contributed by atoms with Gasteiger partial charge in [-0.25, -0.2) is 0 Å². The van der Waals surface area contributed by atoms with Crippen LogP contribution in [0, 0.1) is 0 Å². The number of ether oxygens (including phenoxy) is 1. The SMILES string of the molecule is CN(CCNCC1Cc2cc(Br)ccc2O1)C1CC1. The van der Waals surface area contributed by atoms with E-state index < -0.39 is 0 Å². The Morgan fingerprint density at radius 1 is 1.42 bits per heavy atom. The summed E-state index contributed by atoms with van der Waals surface area (Å²) in [6.07, 6.45) is 4.06. The first kappa shape index (κ1) is 13.4. The van der Waals surface area contributed by atoms with Crippen LogP contribution in [0.15, 0.2) is 22.7 Å². The van der Waals surface area contributed by atoms with E-state index in [-0.39, 0.29) is 6.10 Å². The fourth-order valence-corrected chi connectivity index (χ4v) is 3.03. The molecule has 1 unspecified atom stereocenters. The number of hydrogen-bond donors (Lipinski definition) is 1. The van der Waals surface area contributed by atoms with Crippen molar-refractivity contribution >= 4 is 15.9 Å². The van der Waals surface area contributed by atoms with Gasteiger partial charge in [0.1, 0.15) is 11.9 Å². The van der Waals surface area contributed by atoms with E-state index in [2.05, 4.69) is 45.3 Å². The Morgan fingerprint density at radius 3 is 3.05 bits per heavy atom. The lowest BCUT2D eigenvalue weighted by atomic mass is 10.1. The molecule has 0 amide bonds. The molecule has 1 N–H and O–H groups in total. The van der Waals surface area contributed by atoms with E-state index in [9.17, 15) is 0 Å². The van der Waals surface area contributed by atoms with Gasteiger partial charge in [0.2, 0.25) is 0 Å². The van der Waals surface area contributed by atoms with E-state index in [4.69, 9.17) is 4.74 Å². The predicted octanol–water partition coefficient (Wildman–Crippen LogP) is 2.44. The van der Waals surface area contributed by atoms with Gasteiger partial charge in [0.05, 0.1) is 0 Å². The molecule has 1 heterocycles. The zero-order chi connectivity index (χ0) is 13.2. The molecule has 1 aliphatic heterocycles. The second-order valence-corrected chi connectivity index (χ2v) is 6.53. The predicted molar refractivity (Wildman–Crippen MR) is 80.8 cm³/mol. The van der Waals surface area contributed by atoms with Gasteiger partial charge in [0, 0.05) is 36.6 Å². The number of nitrogens with zero attached hydrogens (tertiary/aromatic N) is 1. The third kappa shape index (κ3) is 3.50. The van der Waals surface area contributed by atoms with E-state index in [1.54, 1.807) is 0 Å². The van der Waals surface area contributed by atoms with Gasteiger partial charge in [0.15, 0.2) is 0 Å². The summed E-state index contributed by atoms with van der Waals surface area (Å²) in [5.41, 5.74) is 1.32. The van der Waals surface area contributed by atoms with Gasteiger partial charge in [-0.05, 0) is 43.7 Å². The standard InChI is InChI=1S/C15H21BrN2O/c1-18(13-3-4-13)7-6-17-10-14-9-11-8-12(16)2-5-15(11)19-14/h2,5,8,13-14,17H,3-4,6-7,9-10H2,1H3. The van der Waals surface area contributed by atoms with Crippen LogP contribution in [0.1, 0.15) is 18.4 Å². The van der Waals surface area contributed by atoms with Crippen molar-refractivity contribution in [3.05, 3.63) is 28.2 Å². The molecule has 0 saturated heterocycles. The summed E-state index contributed by atoms with van der Waals surface area (Å²) in [7, 11) is 2.22. The van der Waals surface area contributed by atoms with Crippen LogP contribution in [0.3, 0.4) is 0 Å². The van der Waals surface area contributed by atoms with Crippen LogP contribution >= 0.6 is 15.9 Å². The molecule has 0 radical (unpaired) electrons. The number of hydrogen-bond acceptors (Lipinski definition) is 3. The number of benzene rings is 1. The van der Waals surface area contributed by atoms with E-state index >= 15 is 0 Å². The maximum atomic E-state index is 5.93. The second kappa shape index (κ2) is 5.81. The first-order chi connectivity index (χ1) is 9.22. The van der Waals surface area contributed by atoms with E-state index in [0.29, 0.717) is 0 Å². The first-order valence-electron chi connectivity index (χ1n) is 7.08. The molecule has 0 aromatic heterocycles. The van der Waals surface area contributed by atoms with Crippen LogP contribution in [-0.2, 0) is 6.42 Å². The van der Waals surface area contributed by atoms with Gasteiger partial charge in [-0.2, -0.15) is 0 Å². The van der Waals surface area contributed by atoms with Crippen molar-refractivity contribution in [1.82, 2.24) is 10.2 Å². The quantitative estimate of drug-likeness (QED) is 0.813. The smallest absolute Gasteiger partial charge is 0.123 e. The highest BCUT2D eigenvalue weighted by molar-refractivity contribution is 9.10. The van der Waals surface area contributed by atoms with Crippen LogP contribution in [-0.4, -0.2) is 43.7 Å². The average Bonchev–Trinajstić information content (AvgIpc) is 3.16. The van der Waals surface area contributed by atoms with E-state index in [1.165, 1.54) is 18.4 Å². The lowest BCUT2D eigenvalue weighted by Gasteiger charge is -2.17. The van der Waals surface area contributed by atoms with Crippen LogP contribution in [0.25, 0.3) is 0 Å². The molecule has 4 heteroatoms. The first-order valence-corrected chi connectivity index (χ1v) is 7.88. The zero-order valence-electron chi connectivity index (χ0n) is 11.4. The third-order valence-electron chi connectivity index (χ3n) is 3.95. The normalized spacial score (nSPS) is 21.5. The molecule has 104 valence electrons. The number of nitrogens with one attached hydrogen (secondary N) is 1. The Morgan fingerprint density at radius 2 is 2.26 bits per heavy atom. The lowest BCUT2D eigenvalue weighted by molar-refractivity contribution is 0.223. The largest absolute Gasteiger partial charge is 0.488 e. The molecule has 1 aromatic carbocycles. The summed E-state index contributed by atoms with van der Waals surface area (Å²) in [4.78, 5) is 2.45. The molecule has 1 atom stereocenters. The Bertz CT molecular complexity index is 448. The van der Waals surface area contributed by atoms with Gasteiger partial charge in [0.25, 0.3) is 0 Å². The number of likely N-dealkylation sites (N-methyl/N-ethyl adjacent to an activating group) is 1. The van der Waals surface area contributed by atoms with Gasteiger partial charge < -0.3 is 15.0 Å². The average molecular weight is 325 g/mol. The number of fused-ring (bicyclic) bond motifs is 1. The summed E-state index contributed by atoms with van der Waals surface area (Å²) in [5, 5.41) is 3.51. The Labute approximate surface area is 123 Å². The topological polar surface area (TPSA) is 24.5 Å². The lowest BCUT2D eigenvalue weighted by Crippen LogP contribution is -2.36. The third-order valence-corrected chi connectivity index (χ3v) is 4.44. The van der Waals surface area contributed by atoms with Crippen molar-refractivity contribution in [3.63, 3.8) is 0 Å². The molecule has 1 aliphatic carbocycles. The fraction of sp³-hybridized carbons (Fsp3) is 0.600. The highest BCUT2D eigenvalue weighted by atomic mass is 79.9. The molecule has 0 bridgehead atoms. The van der Waals surface area contributed by atoms with Crippen LogP contribution in [0.2, 0.25) is 0 Å². The molecule has 1 fully saturated rings. The van der Waals surface area contributed by atoms with Gasteiger partial charge >= 0.3 is 0 Å². The molecule has 19 heavy (non-hydrogen) atoms. The number of halogens is 1. The van der Waals surface area contributed by atoms with E-state index in [0.717, 1.165) is 42.3 Å². The molecule has 0 spiro atoms. The van der Waals surface area contributed by atoms with E-state index in [1.807, 2.05) is 6.07 Å². The van der Waals surface area contributed by atoms with Crippen LogP contribution in [0.4, 0.5) is 0 Å². The second-order valence-electron chi connectivity index (χ2n) is 5.61. The highest BCUT2D eigenvalue weighted by Crippen LogP contribution is 2.30. The molecule has 3 rings (SSSR count). The van der Waals surface area contributed by atoms with Crippen LogP contribution < -0.4 is 10.1 Å². The summed E-state index contributed by atoms with van der Waals surface area (Å²) < 4.78 is 7.07. The molecule has 3 nitrogen and oxygen atoms in total. The zero-order valence-corrected chi connectivity index (χ0v) is 12.9. The van der Waals surface area contributed by atoms with Crippen molar-refractivity contribution in [2.24, 2.45) is 0 Å². The highest BCUT2D eigenvalue weighted by Gasteiger charge is 2.26. The minimum absolute atomic E-state index is 0.288. The summed E-state index contributed by atoms with van der Waals surface area (Å²) in [6, 6.07) is 7.11. The summed E-state index contributed by atoms with van der Waals surface area (Å²) in [6.45, 7) is 3.12. The molecular formula is C15H21BrN2O. The van der Waals surface area contributed by atoms with Crippen LogP contribution in [0.5, 0.6) is 5.75 Å². The number of rotatable bonds is 6. The molecule has 1 aromatic rings. The molecule has 1 saturated carbocycles. The van der Waals surface area contributed by atoms with Gasteiger partial charge in [-0.3, -0.25) is 0 Å². The monoisotopic (exact) mass is 324 g/mol. The summed E-state index contributed by atoms with van der Waals surface area (Å²) in [5.74, 6) is 1.05. The van der Waals surface area contributed by atoms with Gasteiger partial charge in [-0.1, -0.05) is 15.9 Å². The van der Waals surface area contributed by atoms with Crippen molar-refractivity contribution in [1.29, 1.82) is 0 Å². The van der Waals surface area contributed by atoms with Crippen molar-refractivity contribution in [2.75, 3.05) is 26.7 Å². The minimum Gasteiger partial charge on any atom is -0.488 e. The Balaban J connectivity index is 1.38. The van der Waals surface area contributed by atoms with Crippen molar-refractivity contribution in [3.8, 4) is 5.75 Å². The molecular weight excluding hydrogens is 304 g/mol. The summed E-state index contributed by atoms with van der Waals surface area (Å²) >= 11 is 3.51. The fourth-order valence-electron chi connectivity index (χ4n) is 2.62. The minimum atomic E-state index is 0.288. The van der Waals surface area contributed by atoms with Crippen molar-refractivity contribution in [2.45, 2.75) is 31.4 Å². The maximum Gasteiger partial charge on any atom is 0.123 e. The van der Waals surface area contributed by atoms with Gasteiger partial charge in [-0.15, -0.1) is 0 Å². The molecule has 2 aliphatic rings. The Hall–Kier alpha value is -0.580. The van der Waals surface area contributed by atoms with Crippen molar-refractivity contribution < 1.29 is 4.74 Å².